The highest BCUT2D eigenvalue weighted by Crippen LogP contribution is 2.28. The molecule has 1 aromatic carbocycles. The lowest BCUT2D eigenvalue weighted by molar-refractivity contribution is 0.104. The van der Waals surface area contributed by atoms with Crippen LogP contribution in [0.2, 0.25) is 19.6 Å². The maximum Gasteiger partial charge on any atom is 0.208 e. The standard InChI is InChI=1S/C18H19NO3SSi/c1-21-13-9-7-12(8-10-13)16-15(17(20)14-6-5-11-23-14)18(22-19-16)24(2,3)4/h5-11H,1-4H3. The zero-order valence-electron chi connectivity index (χ0n) is 14.1. The van der Waals surface area contributed by atoms with Crippen molar-refractivity contribution in [2.24, 2.45) is 0 Å². The molecule has 0 bridgehead atoms. The number of ether oxygens (including phenoxy) is 1. The van der Waals surface area contributed by atoms with Gasteiger partial charge in [-0.25, -0.2) is 0 Å². The molecule has 0 saturated heterocycles. The summed E-state index contributed by atoms with van der Waals surface area (Å²) in [6, 6.07) is 11.2. The van der Waals surface area contributed by atoms with Crippen LogP contribution in [-0.4, -0.2) is 26.1 Å². The number of hydrogen-bond acceptors (Lipinski definition) is 5. The van der Waals surface area contributed by atoms with E-state index in [0.717, 1.165) is 16.7 Å². The summed E-state index contributed by atoms with van der Waals surface area (Å²) >= 11 is 1.44. The van der Waals surface area contributed by atoms with Gasteiger partial charge in [-0.2, -0.15) is 0 Å². The molecular weight excluding hydrogens is 338 g/mol. The first-order valence-electron chi connectivity index (χ1n) is 7.64. The quantitative estimate of drug-likeness (QED) is 0.507. The van der Waals surface area contributed by atoms with Crippen molar-refractivity contribution in [2.75, 3.05) is 7.11 Å². The second-order valence-corrected chi connectivity index (χ2v) is 12.4. The van der Waals surface area contributed by atoms with Crippen molar-refractivity contribution < 1.29 is 14.1 Å². The largest absolute Gasteiger partial charge is 0.497 e. The van der Waals surface area contributed by atoms with E-state index in [9.17, 15) is 4.79 Å². The zero-order chi connectivity index (χ0) is 17.3. The van der Waals surface area contributed by atoms with Gasteiger partial charge in [-0.1, -0.05) is 30.9 Å². The SMILES string of the molecule is COc1ccc(-c2noc([Si](C)(C)C)c2C(=O)c2cccs2)cc1. The van der Waals surface area contributed by atoms with Crippen LogP contribution in [0.15, 0.2) is 46.3 Å². The molecule has 0 amide bonds. The smallest absolute Gasteiger partial charge is 0.208 e. The normalized spacial score (nSPS) is 11.5. The van der Waals surface area contributed by atoms with E-state index in [2.05, 4.69) is 24.8 Å². The van der Waals surface area contributed by atoms with E-state index in [1.165, 1.54) is 11.3 Å². The van der Waals surface area contributed by atoms with E-state index < -0.39 is 8.07 Å². The lowest BCUT2D eigenvalue weighted by atomic mass is 10.0. The fraction of sp³-hybridized carbons (Fsp3) is 0.222. The van der Waals surface area contributed by atoms with Crippen molar-refractivity contribution in [1.29, 1.82) is 0 Å². The number of carbonyl (C=O) groups excluding carboxylic acids is 1. The lowest BCUT2D eigenvalue weighted by Gasteiger charge is -2.13. The average Bonchev–Trinajstić information content (AvgIpc) is 3.23. The number of aromatic nitrogens is 1. The first-order chi connectivity index (χ1) is 11.4. The predicted molar refractivity (Wildman–Crippen MR) is 99.2 cm³/mol. The van der Waals surface area contributed by atoms with Gasteiger partial charge < -0.3 is 9.26 Å². The van der Waals surface area contributed by atoms with Crippen molar-refractivity contribution >= 4 is 30.6 Å². The molecule has 0 atom stereocenters. The summed E-state index contributed by atoms with van der Waals surface area (Å²) in [6.45, 7) is 6.45. The maximum absolute atomic E-state index is 13.1. The Morgan fingerprint density at radius 2 is 1.88 bits per heavy atom. The number of hydrogen-bond donors (Lipinski definition) is 0. The Balaban J connectivity index is 2.16. The topological polar surface area (TPSA) is 52.3 Å². The van der Waals surface area contributed by atoms with Crippen LogP contribution in [0.1, 0.15) is 15.2 Å². The first-order valence-corrected chi connectivity index (χ1v) is 12.0. The summed E-state index contributed by atoms with van der Waals surface area (Å²) in [5.74, 6) is 0.744. The number of benzene rings is 1. The van der Waals surface area contributed by atoms with Crippen molar-refractivity contribution in [2.45, 2.75) is 19.6 Å². The van der Waals surface area contributed by atoms with Crippen molar-refractivity contribution in [3.8, 4) is 17.0 Å². The molecule has 3 rings (SSSR count). The number of methoxy groups -OCH3 is 1. The minimum absolute atomic E-state index is 0.0190. The molecule has 3 aromatic rings. The van der Waals surface area contributed by atoms with Crippen molar-refractivity contribution in [3.05, 3.63) is 52.2 Å². The zero-order valence-corrected chi connectivity index (χ0v) is 15.9. The molecule has 0 aliphatic carbocycles. The van der Waals surface area contributed by atoms with Gasteiger partial charge in [-0.3, -0.25) is 4.79 Å². The molecule has 2 aromatic heterocycles. The molecular formula is C18H19NO3SSi. The third-order valence-electron chi connectivity index (χ3n) is 3.71. The molecule has 124 valence electrons. The van der Waals surface area contributed by atoms with E-state index >= 15 is 0 Å². The molecule has 0 aliphatic heterocycles. The van der Waals surface area contributed by atoms with Gasteiger partial charge in [0.1, 0.15) is 24.9 Å². The van der Waals surface area contributed by atoms with E-state index in [4.69, 9.17) is 9.26 Å². The Morgan fingerprint density at radius 1 is 1.17 bits per heavy atom. The molecule has 0 saturated carbocycles. The summed E-state index contributed by atoms with van der Waals surface area (Å²) in [5, 5.41) is 6.89. The van der Waals surface area contributed by atoms with Crippen molar-refractivity contribution in [3.63, 3.8) is 0 Å². The summed E-state index contributed by atoms with van der Waals surface area (Å²) in [4.78, 5) is 13.8. The number of thiophene rings is 1. The van der Waals surface area contributed by atoms with Crippen LogP contribution >= 0.6 is 11.3 Å². The lowest BCUT2D eigenvalue weighted by Crippen LogP contribution is -2.40. The van der Waals surface area contributed by atoms with Gasteiger partial charge in [0.2, 0.25) is 5.78 Å². The third-order valence-corrected chi connectivity index (χ3v) is 6.28. The van der Waals surface area contributed by atoms with Crippen LogP contribution < -0.4 is 10.1 Å². The van der Waals surface area contributed by atoms with Gasteiger partial charge >= 0.3 is 0 Å². The third kappa shape index (κ3) is 3.07. The Bertz CT molecular complexity index is 846. The van der Waals surface area contributed by atoms with E-state index in [1.807, 2.05) is 41.8 Å². The molecule has 24 heavy (non-hydrogen) atoms. The number of carbonyl (C=O) groups is 1. The van der Waals surface area contributed by atoms with Gasteiger partial charge in [0.25, 0.3) is 0 Å². The van der Waals surface area contributed by atoms with E-state index in [-0.39, 0.29) is 5.78 Å². The molecule has 6 heteroatoms. The molecule has 0 N–H and O–H groups in total. The highest BCUT2D eigenvalue weighted by atomic mass is 32.1. The molecule has 0 aliphatic rings. The summed E-state index contributed by atoms with van der Waals surface area (Å²) in [7, 11) is -0.228. The van der Waals surface area contributed by atoms with Gasteiger partial charge in [0, 0.05) is 5.56 Å². The Labute approximate surface area is 146 Å². The molecule has 0 radical (unpaired) electrons. The van der Waals surface area contributed by atoms with E-state index in [0.29, 0.717) is 16.1 Å². The van der Waals surface area contributed by atoms with Gasteiger partial charge in [0.05, 0.1) is 17.6 Å². The highest BCUT2D eigenvalue weighted by molar-refractivity contribution is 7.12. The maximum atomic E-state index is 13.1. The molecule has 2 heterocycles. The minimum Gasteiger partial charge on any atom is -0.497 e. The Morgan fingerprint density at radius 3 is 2.42 bits per heavy atom. The number of rotatable bonds is 5. The minimum atomic E-state index is -1.85. The number of nitrogens with zero attached hydrogens (tertiary/aromatic N) is 1. The monoisotopic (exact) mass is 357 g/mol. The van der Waals surface area contributed by atoms with Crippen molar-refractivity contribution in [1.82, 2.24) is 5.16 Å². The van der Waals surface area contributed by atoms with Gasteiger partial charge in [0.15, 0.2) is 0 Å². The molecule has 0 fully saturated rings. The summed E-state index contributed by atoms with van der Waals surface area (Å²) < 4.78 is 10.9. The molecule has 0 unspecified atom stereocenters. The fourth-order valence-corrected chi connectivity index (χ4v) is 4.46. The molecule has 4 nitrogen and oxygen atoms in total. The van der Waals surface area contributed by atoms with Crippen LogP contribution in [0.3, 0.4) is 0 Å². The number of ketones is 1. The first kappa shape index (κ1) is 16.7. The Hall–Kier alpha value is -2.18. The summed E-state index contributed by atoms with van der Waals surface area (Å²) in [5.41, 5.74) is 2.05. The average molecular weight is 358 g/mol. The fourth-order valence-electron chi connectivity index (χ4n) is 2.49. The van der Waals surface area contributed by atoms with Gasteiger partial charge in [-0.15, -0.1) is 11.3 Å². The van der Waals surface area contributed by atoms with Crippen LogP contribution in [0.25, 0.3) is 11.3 Å². The van der Waals surface area contributed by atoms with Gasteiger partial charge in [-0.05, 0) is 35.7 Å². The second-order valence-electron chi connectivity index (χ2n) is 6.52. The van der Waals surface area contributed by atoms with Crippen LogP contribution in [0.5, 0.6) is 5.75 Å². The van der Waals surface area contributed by atoms with E-state index in [1.54, 1.807) is 7.11 Å². The predicted octanol–water partition coefficient (Wildman–Crippen LogP) is 4.19. The molecule has 0 spiro atoms. The van der Waals surface area contributed by atoms with Crippen LogP contribution in [0.4, 0.5) is 0 Å². The second kappa shape index (κ2) is 6.37. The van der Waals surface area contributed by atoms with Crippen LogP contribution in [0, 0.1) is 0 Å². The van der Waals surface area contributed by atoms with Crippen LogP contribution in [-0.2, 0) is 0 Å². The summed E-state index contributed by atoms with van der Waals surface area (Å²) in [6.07, 6.45) is 0. The Kier molecular flexibility index (Phi) is 4.43. The highest BCUT2D eigenvalue weighted by Gasteiger charge is 2.33.